The van der Waals surface area contributed by atoms with Crippen molar-refractivity contribution >= 4 is 22.6 Å². The summed E-state index contributed by atoms with van der Waals surface area (Å²) in [7, 11) is 0. The minimum Gasteiger partial charge on any atom is -0.389 e. The standard InChI is InChI=1S/C18H16ClF3N2O/c1-17(2,25)9-24-10-23-15-6-3-11(7-16(15)24)13-5-4-12(19)8-14(13)18(20,21)22/h3-8,10,25H,9H2,1-2H3. The Morgan fingerprint density at radius 2 is 1.84 bits per heavy atom. The summed E-state index contributed by atoms with van der Waals surface area (Å²) in [6.07, 6.45) is -2.94. The molecule has 0 aliphatic carbocycles. The lowest BCUT2D eigenvalue weighted by Gasteiger charge is -2.18. The Morgan fingerprint density at radius 3 is 2.48 bits per heavy atom. The third kappa shape index (κ3) is 3.80. The monoisotopic (exact) mass is 368 g/mol. The summed E-state index contributed by atoms with van der Waals surface area (Å²) in [4.78, 5) is 4.23. The maximum Gasteiger partial charge on any atom is 0.417 e. The highest BCUT2D eigenvalue weighted by molar-refractivity contribution is 6.30. The molecule has 0 spiro atoms. The van der Waals surface area contributed by atoms with Gasteiger partial charge in [0.2, 0.25) is 0 Å². The van der Waals surface area contributed by atoms with Crippen LogP contribution in [0.1, 0.15) is 19.4 Å². The first-order valence-electron chi connectivity index (χ1n) is 7.59. The third-order valence-corrected chi connectivity index (χ3v) is 4.01. The topological polar surface area (TPSA) is 38.0 Å². The highest BCUT2D eigenvalue weighted by Gasteiger charge is 2.34. The van der Waals surface area contributed by atoms with Crippen LogP contribution in [0.2, 0.25) is 5.02 Å². The quantitative estimate of drug-likeness (QED) is 0.694. The average Bonchev–Trinajstić information content (AvgIpc) is 2.87. The van der Waals surface area contributed by atoms with Crippen molar-refractivity contribution in [3.8, 4) is 11.1 Å². The van der Waals surface area contributed by atoms with Crippen LogP contribution in [0.5, 0.6) is 0 Å². The maximum atomic E-state index is 13.4. The molecule has 0 bridgehead atoms. The summed E-state index contributed by atoms with van der Waals surface area (Å²) < 4.78 is 41.8. The summed E-state index contributed by atoms with van der Waals surface area (Å²) in [5, 5.41) is 10.0. The largest absolute Gasteiger partial charge is 0.417 e. The van der Waals surface area contributed by atoms with Gasteiger partial charge in [-0.1, -0.05) is 23.7 Å². The minimum atomic E-state index is -4.51. The first kappa shape index (κ1) is 17.8. The van der Waals surface area contributed by atoms with Gasteiger partial charge in [0, 0.05) is 5.02 Å². The van der Waals surface area contributed by atoms with Crippen molar-refractivity contribution in [1.29, 1.82) is 0 Å². The van der Waals surface area contributed by atoms with E-state index in [1.807, 2.05) is 0 Å². The van der Waals surface area contributed by atoms with Crippen molar-refractivity contribution in [3.05, 3.63) is 53.3 Å². The number of aliphatic hydroxyl groups is 1. The number of rotatable bonds is 3. The molecule has 0 atom stereocenters. The van der Waals surface area contributed by atoms with Crippen LogP contribution in [0.15, 0.2) is 42.7 Å². The Bertz CT molecular complexity index is 926. The molecule has 0 fully saturated rings. The molecule has 3 aromatic rings. The Hall–Kier alpha value is -2.05. The number of benzene rings is 2. The van der Waals surface area contributed by atoms with Crippen molar-refractivity contribution < 1.29 is 18.3 Å². The molecule has 3 rings (SSSR count). The predicted molar refractivity (Wildman–Crippen MR) is 91.5 cm³/mol. The van der Waals surface area contributed by atoms with E-state index in [0.29, 0.717) is 16.6 Å². The van der Waals surface area contributed by atoms with Gasteiger partial charge in [0.15, 0.2) is 0 Å². The molecule has 1 N–H and O–H groups in total. The smallest absolute Gasteiger partial charge is 0.389 e. The number of aromatic nitrogens is 2. The number of alkyl halides is 3. The Labute approximate surface area is 147 Å². The number of hydrogen-bond donors (Lipinski definition) is 1. The lowest BCUT2D eigenvalue weighted by Crippen LogP contribution is -2.25. The van der Waals surface area contributed by atoms with E-state index < -0.39 is 17.3 Å². The second kappa shape index (κ2) is 6.04. The molecule has 0 amide bonds. The van der Waals surface area contributed by atoms with Crippen molar-refractivity contribution in [2.45, 2.75) is 32.2 Å². The molecule has 3 nitrogen and oxygen atoms in total. The van der Waals surface area contributed by atoms with Crippen LogP contribution >= 0.6 is 11.6 Å². The summed E-state index contributed by atoms with van der Waals surface area (Å²) >= 11 is 5.74. The van der Waals surface area contributed by atoms with Gasteiger partial charge in [-0.2, -0.15) is 13.2 Å². The molecule has 0 aliphatic rings. The molecule has 0 unspecified atom stereocenters. The van der Waals surface area contributed by atoms with Crippen molar-refractivity contribution in [1.82, 2.24) is 9.55 Å². The lowest BCUT2D eigenvalue weighted by molar-refractivity contribution is -0.137. The number of nitrogens with zero attached hydrogens (tertiary/aromatic N) is 2. The maximum absolute atomic E-state index is 13.4. The molecular formula is C18H16ClF3N2O. The highest BCUT2D eigenvalue weighted by atomic mass is 35.5. The third-order valence-electron chi connectivity index (χ3n) is 3.78. The number of hydrogen-bond acceptors (Lipinski definition) is 2. The minimum absolute atomic E-state index is 0.0317. The molecule has 132 valence electrons. The molecule has 0 saturated carbocycles. The van der Waals surface area contributed by atoms with Crippen molar-refractivity contribution in [2.75, 3.05) is 0 Å². The molecule has 7 heteroatoms. The van der Waals surface area contributed by atoms with Crippen LogP contribution in [-0.2, 0) is 12.7 Å². The Balaban J connectivity index is 2.16. The van der Waals surface area contributed by atoms with Crippen LogP contribution in [0.3, 0.4) is 0 Å². The molecule has 25 heavy (non-hydrogen) atoms. The van der Waals surface area contributed by atoms with E-state index >= 15 is 0 Å². The van der Waals surface area contributed by atoms with E-state index in [9.17, 15) is 18.3 Å². The zero-order chi connectivity index (χ0) is 18.4. The van der Waals surface area contributed by atoms with Crippen molar-refractivity contribution in [3.63, 3.8) is 0 Å². The number of fused-ring (bicyclic) bond motifs is 1. The van der Waals surface area contributed by atoms with Gasteiger partial charge in [0.05, 0.1) is 35.1 Å². The van der Waals surface area contributed by atoms with Gasteiger partial charge < -0.3 is 9.67 Å². The van der Waals surface area contributed by atoms with E-state index in [2.05, 4.69) is 4.98 Å². The average molecular weight is 369 g/mol. The van der Waals surface area contributed by atoms with Crippen molar-refractivity contribution in [2.24, 2.45) is 0 Å². The van der Waals surface area contributed by atoms with E-state index in [1.54, 1.807) is 42.9 Å². The predicted octanol–water partition coefficient (Wildman–Crippen LogP) is 5.15. The fourth-order valence-electron chi connectivity index (χ4n) is 2.77. The summed E-state index contributed by atoms with van der Waals surface area (Å²) in [5.74, 6) is 0. The second-order valence-electron chi connectivity index (χ2n) is 6.58. The second-order valence-corrected chi connectivity index (χ2v) is 7.01. The Kier molecular flexibility index (Phi) is 4.29. The van der Waals surface area contributed by atoms with E-state index in [-0.39, 0.29) is 17.1 Å². The molecular weight excluding hydrogens is 353 g/mol. The van der Waals surface area contributed by atoms with Gasteiger partial charge in [-0.3, -0.25) is 0 Å². The number of halogens is 4. The summed E-state index contributed by atoms with van der Waals surface area (Å²) in [6, 6.07) is 8.64. The van der Waals surface area contributed by atoms with Crippen LogP contribution in [0.25, 0.3) is 22.2 Å². The zero-order valence-electron chi connectivity index (χ0n) is 13.6. The van der Waals surface area contributed by atoms with Gasteiger partial charge in [0.1, 0.15) is 0 Å². The van der Waals surface area contributed by atoms with Gasteiger partial charge in [-0.05, 0) is 49.2 Å². The van der Waals surface area contributed by atoms with Gasteiger partial charge in [-0.15, -0.1) is 0 Å². The van der Waals surface area contributed by atoms with Gasteiger partial charge in [0.25, 0.3) is 0 Å². The lowest BCUT2D eigenvalue weighted by atomic mass is 9.99. The van der Waals surface area contributed by atoms with Crippen LogP contribution in [-0.4, -0.2) is 20.3 Å². The zero-order valence-corrected chi connectivity index (χ0v) is 14.4. The van der Waals surface area contributed by atoms with Crippen LogP contribution in [0.4, 0.5) is 13.2 Å². The SMILES string of the molecule is CC(C)(O)Cn1cnc2ccc(-c3ccc(Cl)cc3C(F)(F)F)cc21. The molecule has 0 aliphatic heterocycles. The number of imidazole rings is 1. The van der Waals surface area contributed by atoms with E-state index in [0.717, 1.165) is 6.07 Å². The molecule has 0 radical (unpaired) electrons. The molecule has 1 aromatic heterocycles. The summed E-state index contributed by atoms with van der Waals surface area (Å²) in [5.41, 5.74) is 0.0102. The molecule has 2 aromatic carbocycles. The highest BCUT2D eigenvalue weighted by Crippen LogP contribution is 2.39. The fraction of sp³-hybridized carbons (Fsp3) is 0.278. The van der Waals surface area contributed by atoms with Crippen LogP contribution < -0.4 is 0 Å². The van der Waals surface area contributed by atoms with Gasteiger partial charge >= 0.3 is 6.18 Å². The first-order chi connectivity index (χ1) is 11.5. The molecule has 0 saturated heterocycles. The fourth-order valence-corrected chi connectivity index (χ4v) is 2.94. The van der Waals surface area contributed by atoms with E-state index in [1.165, 1.54) is 12.1 Å². The molecule has 1 heterocycles. The van der Waals surface area contributed by atoms with Crippen LogP contribution in [0, 0.1) is 0 Å². The van der Waals surface area contributed by atoms with E-state index in [4.69, 9.17) is 11.6 Å². The Morgan fingerprint density at radius 1 is 1.12 bits per heavy atom. The van der Waals surface area contributed by atoms with Gasteiger partial charge in [-0.25, -0.2) is 4.98 Å². The first-order valence-corrected chi connectivity index (χ1v) is 7.97. The normalized spacial score (nSPS) is 12.8. The summed E-state index contributed by atoms with van der Waals surface area (Å²) in [6.45, 7) is 3.59.